The van der Waals surface area contributed by atoms with E-state index in [1.54, 1.807) is 0 Å². The largest absolute Gasteiger partial charge is 0.460 e. The molecule has 0 aliphatic heterocycles. The van der Waals surface area contributed by atoms with Crippen LogP contribution in [0.15, 0.2) is 59.1 Å². The fraction of sp³-hybridized carbons (Fsp3) is 0.235. The van der Waals surface area contributed by atoms with Crippen LogP contribution in [0, 0.1) is 0 Å². The van der Waals surface area contributed by atoms with E-state index in [0.717, 1.165) is 16.5 Å². The van der Waals surface area contributed by atoms with Crippen molar-refractivity contribution >= 4 is 21.9 Å². The molecule has 4 heteroatoms. The third kappa shape index (κ3) is 5.33. The monoisotopic (exact) mass is 347 g/mol. The first-order valence-corrected chi connectivity index (χ1v) is 7.65. The van der Waals surface area contributed by atoms with Crippen LogP contribution >= 0.6 is 15.9 Å². The van der Waals surface area contributed by atoms with E-state index in [9.17, 15) is 4.79 Å². The molecule has 0 heterocycles. The number of hydrogen-bond donors (Lipinski definition) is 1. The van der Waals surface area contributed by atoms with Crippen LogP contribution in [0.4, 0.5) is 0 Å². The predicted octanol–water partition coefficient (Wildman–Crippen LogP) is 3.45. The zero-order chi connectivity index (χ0) is 15.1. The normalized spacial score (nSPS) is 11.9. The molecule has 2 N–H and O–H groups in total. The highest BCUT2D eigenvalue weighted by Crippen LogP contribution is 2.12. The molecule has 0 aromatic heterocycles. The van der Waals surface area contributed by atoms with Crippen LogP contribution in [0.2, 0.25) is 0 Å². The van der Waals surface area contributed by atoms with Crippen molar-refractivity contribution in [3.8, 4) is 0 Å². The fourth-order valence-corrected chi connectivity index (χ4v) is 2.19. The minimum atomic E-state index is -0.583. The molecule has 0 saturated carbocycles. The number of carbonyl (C=O) groups is 1. The van der Waals surface area contributed by atoms with Crippen LogP contribution in [-0.4, -0.2) is 12.0 Å². The van der Waals surface area contributed by atoms with Crippen molar-refractivity contribution in [3.63, 3.8) is 0 Å². The van der Waals surface area contributed by atoms with Crippen LogP contribution in [0.5, 0.6) is 0 Å². The van der Waals surface area contributed by atoms with Crippen molar-refractivity contribution in [1.29, 1.82) is 0 Å². The number of hydrogen-bond acceptors (Lipinski definition) is 3. The lowest BCUT2D eigenvalue weighted by atomic mass is 10.1. The van der Waals surface area contributed by atoms with Crippen molar-refractivity contribution in [2.24, 2.45) is 5.73 Å². The summed E-state index contributed by atoms with van der Waals surface area (Å²) in [5, 5.41) is 0. The van der Waals surface area contributed by atoms with Gasteiger partial charge < -0.3 is 10.5 Å². The van der Waals surface area contributed by atoms with E-state index in [1.807, 2.05) is 54.6 Å². The molecule has 0 aliphatic carbocycles. The van der Waals surface area contributed by atoms with Gasteiger partial charge in [0.2, 0.25) is 0 Å². The lowest BCUT2D eigenvalue weighted by Crippen LogP contribution is -2.32. The van der Waals surface area contributed by atoms with Crippen LogP contribution in [-0.2, 0) is 22.6 Å². The van der Waals surface area contributed by atoms with Crippen molar-refractivity contribution in [3.05, 3.63) is 70.2 Å². The number of benzene rings is 2. The van der Waals surface area contributed by atoms with Crippen LogP contribution in [0.3, 0.4) is 0 Å². The highest BCUT2D eigenvalue weighted by molar-refractivity contribution is 9.10. The lowest BCUT2D eigenvalue weighted by molar-refractivity contribution is -0.146. The molecule has 2 aromatic rings. The summed E-state index contributed by atoms with van der Waals surface area (Å²) in [6.45, 7) is 0.255. The number of carbonyl (C=O) groups excluding carboxylic acids is 1. The van der Waals surface area contributed by atoms with Gasteiger partial charge in [-0.2, -0.15) is 0 Å². The van der Waals surface area contributed by atoms with Gasteiger partial charge in [-0.1, -0.05) is 58.4 Å². The molecular formula is C17H18BrNO2. The minimum Gasteiger partial charge on any atom is -0.460 e. The molecule has 0 fully saturated rings. The van der Waals surface area contributed by atoms with E-state index in [0.29, 0.717) is 6.42 Å². The van der Waals surface area contributed by atoms with Gasteiger partial charge in [-0.05, 0) is 36.1 Å². The van der Waals surface area contributed by atoms with Gasteiger partial charge in [-0.25, -0.2) is 0 Å². The summed E-state index contributed by atoms with van der Waals surface area (Å²) in [6.07, 6.45) is 1.36. The number of esters is 1. The molecule has 0 radical (unpaired) electrons. The highest BCUT2D eigenvalue weighted by Gasteiger charge is 2.14. The maximum Gasteiger partial charge on any atom is 0.323 e. The van der Waals surface area contributed by atoms with E-state index in [4.69, 9.17) is 10.5 Å². The summed E-state index contributed by atoms with van der Waals surface area (Å²) in [6, 6.07) is 17.0. The van der Waals surface area contributed by atoms with Crippen molar-refractivity contribution in [1.82, 2.24) is 0 Å². The number of rotatable bonds is 6. The summed E-state index contributed by atoms with van der Waals surface area (Å²) in [5.74, 6) is -0.353. The van der Waals surface area contributed by atoms with E-state index < -0.39 is 6.04 Å². The van der Waals surface area contributed by atoms with E-state index in [2.05, 4.69) is 15.9 Å². The number of halogens is 1. The Hall–Kier alpha value is -1.65. The van der Waals surface area contributed by atoms with Gasteiger partial charge in [0.1, 0.15) is 12.6 Å². The predicted molar refractivity (Wildman–Crippen MR) is 86.7 cm³/mol. The molecule has 0 saturated heterocycles. The third-order valence-electron chi connectivity index (χ3n) is 3.18. The molecule has 2 aromatic carbocycles. The molecule has 21 heavy (non-hydrogen) atoms. The Morgan fingerprint density at radius 1 is 1.05 bits per heavy atom. The van der Waals surface area contributed by atoms with Gasteiger partial charge in [0.05, 0.1) is 0 Å². The minimum absolute atomic E-state index is 0.255. The van der Waals surface area contributed by atoms with Gasteiger partial charge in [-0.15, -0.1) is 0 Å². The second kappa shape index (κ2) is 7.96. The fourth-order valence-electron chi connectivity index (χ4n) is 1.93. The summed E-state index contributed by atoms with van der Waals surface area (Å²) < 4.78 is 6.24. The smallest absolute Gasteiger partial charge is 0.323 e. The Bertz CT molecular complexity index is 569. The molecule has 2 rings (SSSR count). The zero-order valence-corrected chi connectivity index (χ0v) is 13.3. The van der Waals surface area contributed by atoms with Gasteiger partial charge in [0.15, 0.2) is 0 Å². The third-order valence-corrected chi connectivity index (χ3v) is 3.71. The van der Waals surface area contributed by atoms with Crippen molar-refractivity contribution in [2.45, 2.75) is 25.5 Å². The maximum absolute atomic E-state index is 11.8. The molecular weight excluding hydrogens is 330 g/mol. The molecule has 0 spiro atoms. The maximum atomic E-state index is 11.8. The Balaban J connectivity index is 1.76. The molecule has 3 nitrogen and oxygen atoms in total. The van der Waals surface area contributed by atoms with E-state index in [1.165, 1.54) is 5.56 Å². The SMILES string of the molecule is N[C@@H](CCc1ccccc1)C(=O)OCc1ccc(Br)cc1. The second-order valence-electron chi connectivity index (χ2n) is 4.86. The lowest BCUT2D eigenvalue weighted by Gasteiger charge is -2.11. The first-order chi connectivity index (χ1) is 10.1. The summed E-state index contributed by atoms with van der Waals surface area (Å²) >= 11 is 3.36. The topological polar surface area (TPSA) is 52.3 Å². The van der Waals surface area contributed by atoms with E-state index in [-0.39, 0.29) is 12.6 Å². The highest BCUT2D eigenvalue weighted by atomic mass is 79.9. The van der Waals surface area contributed by atoms with Crippen molar-refractivity contribution < 1.29 is 9.53 Å². The first-order valence-electron chi connectivity index (χ1n) is 6.86. The summed E-state index contributed by atoms with van der Waals surface area (Å²) in [7, 11) is 0. The molecule has 110 valence electrons. The first kappa shape index (κ1) is 15.7. The molecule has 0 amide bonds. The van der Waals surface area contributed by atoms with Gasteiger partial charge in [0.25, 0.3) is 0 Å². The molecule has 0 bridgehead atoms. The zero-order valence-electron chi connectivity index (χ0n) is 11.7. The number of aryl methyl sites for hydroxylation is 1. The van der Waals surface area contributed by atoms with Gasteiger partial charge in [-0.3, -0.25) is 4.79 Å². The number of nitrogens with two attached hydrogens (primary N) is 1. The molecule has 0 aliphatic rings. The van der Waals surface area contributed by atoms with Crippen LogP contribution < -0.4 is 5.73 Å². The Morgan fingerprint density at radius 3 is 2.38 bits per heavy atom. The van der Waals surface area contributed by atoms with Crippen LogP contribution in [0.1, 0.15) is 17.5 Å². The summed E-state index contributed by atoms with van der Waals surface area (Å²) in [5.41, 5.74) is 7.99. The summed E-state index contributed by atoms with van der Waals surface area (Å²) in [4.78, 5) is 11.8. The van der Waals surface area contributed by atoms with E-state index >= 15 is 0 Å². The van der Waals surface area contributed by atoms with Gasteiger partial charge in [0, 0.05) is 4.47 Å². The quantitative estimate of drug-likeness (QED) is 0.814. The van der Waals surface area contributed by atoms with Crippen LogP contribution in [0.25, 0.3) is 0 Å². The Labute approximate surface area is 133 Å². The molecule has 1 atom stereocenters. The van der Waals surface area contributed by atoms with Crippen molar-refractivity contribution in [2.75, 3.05) is 0 Å². The Morgan fingerprint density at radius 2 is 1.71 bits per heavy atom. The standard InChI is InChI=1S/C17H18BrNO2/c18-15-9-6-14(7-10-15)12-21-17(20)16(19)11-8-13-4-2-1-3-5-13/h1-7,9-10,16H,8,11-12,19H2/t16-/m0/s1. The average Bonchev–Trinajstić information content (AvgIpc) is 2.52. The second-order valence-corrected chi connectivity index (χ2v) is 5.78. The Kier molecular flexibility index (Phi) is 5.96. The number of ether oxygens (including phenoxy) is 1. The van der Waals surface area contributed by atoms with Gasteiger partial charge >= 0.3 is 5.97 Å². The average molecular weight is 348 g/mol. The molecule has 0 unspecified atom stereocenters.